The molecule has 1 saturated carbocycles. The molecule has 1 aliphatic carbocycles. The van der Waals surface area contributed by atoms with Crippen LogP contribution in [0.5, 0.6) is 0 Å². The molecule has 1 saturated heterocycles. The van der Waals surface area contributed by atoms with Crippen molar-refractivity contribution in [3.63, 3.8) is 0 Å². The molecule has 0 bridgehead atoms. The summed E-state index contributed by atoms with van der Waals surface area (Å²) >= 11 is 0. The number of aromatic nitrogens is 1. The molecule has 2 aliphatic rings. The van der Waals surface area contributed by atoms with Crippen LogP contribution in [0.2, 0.25) is 0 Å². The zero-order valence-electron chi connectivity index (χ0n) is 17.5. The lowest BCUT2D eigenvalue weighted by Gasteiger charge is -2.27. The van der Waals surface area contributed by atoms with Crippen LogP contribution in [-0.2, 0) is 22.6 Å². The molecule has 6 heteroatoms. The van der Waals surface area contributed by atoms with Crippen molar-refractivity contribution in [1.29, 1.82) is 5.26 Å². The number of carbonyl (C=O) groups is 2. The molecule has 2 heterocycles. The van der Waals surface area contributed by atoms with Gasteiger partial charge < -0.3 is 14.8 Å². The molecule has 30 heavy (non-hydrogen) atoms. The highest BCUT2D eigenvalue weighted by Crippen LogP contribution is 2.28. The fourth-order valence-electron chi connectivity index (χ4n) is 4.17. The summed E-state index contributed by atoms with van der Waals surface area (Å²) < 4.78 is 1.99. The molecule has 0 atom stereocenters. The first kappa shape index (κ1) is 20.2. The third kappa shape index (κ3) is 4.25. The summed E-state index contributed by atoms with van der Waals surface area (Å²) in [6.45, 7) is 4.02. The van der Waals surface area contributed by atoms with Gasteiger partial charge in [-0.15, -0.1) is 0 Å². The molecule has 6 nitrogen and oxygen atoms in total. The molecule has 2 amide bonds. The predicted molar refractivity (Wildman–Crippen MR) is 117 cm³/mol. The number of carbonyl (C=O) groups excluding carboxylic acids is 2. The lowest BCUT2D eigenvalue weighted by molar-refractivity contribution is -0.132. The first-order valence-electron chi connectivity index (χ1n) is 10.9. The van der Waals surface area contributed by atoms with Crippen molar-refractivity contribution in [3.8, 4) is 6.07 Å². The van der Waals surface area contributed by atoms with E-state index in [9.17, 15) is 14.9 Å². The lowest BCUT2D eigenvalue weighted by atomic mass is 10.1. The fourth-order valence-corrected chi connectivity index (χ4v) is 4.17. The number of nitriles is 1. The van der Waals surface area contributed by atoms with Crippen LogP contribution in [-0.4, -0.2) is 40.4 Å². The van der Waals surface area contributed by atoms with Crippen LogP contribution in [0, 0.1) is 11.3 Å². The smallest absolute Gasteiger partial charge is 0.262 e. The Morgan fingerprint density at radius 2 is 2.00 bits per heavy atom. The summed E-state index contributed by atoms with van der Waals surface area (Å²) in [5.74, 6) is -0.197. The van der Waals surface area contributed by atoms with Crippen LogP contribution in [0.1, 0.15) is 50.2 Å². The van der Waals surface area contributed by atoms with E-state index in [1.54, 1.807) is 6.08 Å². The number of nitrogens with zero attached hydrogens (tertiary/aromatic N) is 3. The summed E-state index contributed by atoms with van der Waals surface area (Å²) in [4.78, 5) is 27.3. The highest BCUT2D eigenvalue weighted by atomic mass is 16.2. The minimum Gasteiger partial charge on any atom is -0.349 e. The number of aryl methyl sites for hydroxylation is 1. The highest BCUT2D eigenvalue weighted by molar-refractivity contribution is 6.04. The van der Waals surface area contributed by atoms with E-state index in [1.807, 2.05) is 33.9 Å². The predicted octanol–water partition coefficient (Wildman–Crippen LogP) is 3.40. The normalized spacial score (nSPS) is 17.1. The minimum absolute atomic E-state index is 0.102. The molecule has 1 aliphatic heterocycles. The van der Waals surface area contributed by atoms with Crippen LogP contribution in [0.4, 0.5) is 0 Å². The maximum Gasteiger partial charge on any atom is 0.262 e. The molecular formula is C24H28N4O2. The molecule has 0 spiro atoms. The van der Waals surface area contributed by atoms with Crippen molar-refractivity contribution < 1.29 is 9.59 Å². The van der Waals surface area contributed by atoms with Crippen LogP contribution < -0.4 is 5.32 Å². The van der Waals surface area contributed by atoms with E-state index in [0.29, 0.717) is 0 Å². The Balaban J connectivity index is 1.70. The van der Waals surface area contributed by atoms with Gasteiger partial charge in [0.25, 0.3) is 5.91 Å². The van der Waals surface area contributed by atoms with E-state index >= 15 is 0 Å². The minimum atomic E-state index is -0.322. The van der Waals surface area contributed by atoms with Gasteiger partial charge in [0, 0.05) is 36.3 Å². The van der Waals surface area contributed by atoms with Crippen molar-refractivity contribution >= 4 is 28.8 Å². The van der Waals surface area contributed by atoms with Gasteiger partial charge >= 0.3 is 0 Å². The van der Waals surface area contributed by atoms with Crippen molar-refractivity contribution in [2.45, 2.75) is 58.0 Å². The second-order valence-electron chi connectivity index (χ2n) is 8.24. The molecule has 4 rings (SSSR count). The van der Waals surface area contributed by atoms with Gasteiger partial charge in [0.15, 0.2) is 0 Å². The Morgan fingerprint density at radius 1 is 1.23 bits per heavy atom. The first-order chi connectivity index (χ1) is 14.6. The first-order valence-corrected chi connectivity index (χ1v) is 10.9. The van der Waals surface area contributed by atoms with Crippen LogP contribution in [0.15, 0.2) is 30.0 Å². The average molecular weight is 405 g/mol. The number of hydrogen-bond donors (Lipinski definition) is 1. The number of benzene rings is 1. The summed E-state index contributed by atoms with van der Waals surface area (Å²) in [7, 11) is 0. The van der Waals surface area contributed by atoms with E-state index < -0.39 is 0 Å². The fraction of sp³-hybridized carbons (Fsp3) is 0.458. The van der Waals surface area contributed by atoms with Gasteiger partial charge in [-0.1, -0.05) is 25.1 Å². The monoisotopic (exact) mass is 404 g/mol. The Kier molecular flexibility index (Phi) is 5.89. The quantitative estimate of drug-likeness (QED) is 0.592. The molecular weight excluding hydrogens is 376 g/mol. The van der Waals surface area contributed by atoms with Crippen LogP contribution >= 0.6 is 0 Å². The molecule has 0 radical (unpaired) electrons. The number of likely N-dealkylation sites (tertiary alicyclic amines) is 1. The highest BCUT2D eigenvalue weighted by Gasteiger charge is 2.25. The SMILES string of the molecule is CCc1cccc2c(/C=C(\C#N)C(=O)NC3CC3)cn(CC(=O)N3CCCCC3)c12. The molecule has 2 fully saturated rings. The van der Waals surface area contributed by atoms with Gasteiger partial charge in [-0.25, -0.2) is 0 Å². The summed E-state index contributed by atoms with van der Waals surface area (Å²) in [5.41, 5.74) is 3.07. The molecule has 0 unspecified atom stereocenters. The van der Waals surface area contributed by atoms with Crippen molar-refractivity contribution in [2.75, 3.05) is 13.1 Å². The Labute approximate surface area is 177 Å². The van der Waals surface area contributed by atoms with E-state index in [-0.39, 0.29) is 30.0 Å². The van der Waals surface area contributed by atoms with Crippen molar-refractivity contribution in [1.82, 2.24) is 14.8 Å². The molecule has 1 aromatic heterocycles. The lowest BCUT2D eigenvalue weighted by Crippen LogP contribution is -2.37. The van der Waals surface area contributed by atoms with Crippen LogP contribution in [0.3, 0.4) is 0 Å². The number of rotatable bonds is 6. The number of para-hydroxylation sites is 1. The standard InChI is InChI=1S/C24H28N4O2/c1-2-17-7-6-8-21-19(13-18(14-25)24(30)26-20-9-10-20)15-28(23(17)21)16-22(29)27-11-4-3-5-12-27/h6-8,13,15,20H,2-5,9-12,16H2,1H3,(H,26,30)/b18-13+. The van der Waals surface area contributed by atoms with E-state index in [2.05, 4.69) is 18.3 Å². The van der Waals surface area contributed by atoms with Gasteiger partial charge in [-0.3, -0.25) is 9.59 Å². The third-order valence-corrected chi connectivity index (χ3v) is 5.99. The Bertz CT molecular complexity index is 1030. The van der Waals surface area contributed by atoms with E-state index in [1.165, 1.54) is 6.42 Å². The van der Waals surface area contributed by atoms with E-state index in [0.717, 1.165) is 67.2 Å². The van der Waals surface area contributed by atoms with E-state index in [4.69, 9.17) is 0 Å². The van der Waals surface area contributed by atoms with Crippen molar-refractivity contribution in [3.05, 3.63) is 41.1 Å². The topological polar surface area (TPSA) is 78.1 Å². The summed E-state index contributed by atoms with van der Waals surface area (Å²) in [5, 5.41) is 13.4. The second kappa shape index (κ2) is 8.74. The van der Waals surface area contributed by atoms with Gasteiger partial charge in [0.1, 0.15) is 18.2 Å². The molecule has 156 valence electrons. The van der Waals surface area contributed by atoms with Crippen molar-refractivity contribution in [2.24, 2.45) is 0 Å². The van der Waals surface area contributed by atoms with Gasteiger partial charge in [0.2, 0.25) is 5.91 Å². The third-order valence-electron chi connectivity index (χ3n) is 5.99. The average Bonchev–Trinajstić information content (AvgIpc) is 3.52. The second-order valence-corrected chi connectivity index (χ2v) is 8.24. The number of fused-ring (bicyclic) bond motifs is 1. The zero-order chi connectivity index (χ0) is 21.1. The van der Waals surface area contributed by atoms with Gasteiger partial charge in [0.05, 0.1) is 5.52 Å². The number of nitrogens with one attached hydrogen (secondary N) is 1. The number of hydrogen-bond acceptors (Lipinski definition) is 3. The largest absolute Gasteiger partial charge is 0.349 e. The molecule has 2 aromatic rings. The van der Waals surface area contributed by atoms with Crippen LogP contribution in [0.25, 0.3) is 17.0 Å². The van der Waals surface area contributed by atoms with Gasteiger partial charge in [-0.05, 0) is 50.2 Å². The molecule has 1 N–H and O–H groups in total. The number of amides is 2. The Hall–Kier alpha value is -3.07. The van der Waals surface area contributed by atoms with Gasteiger partial charge in [-0.2, -0.15) is 5.26 Å². The maximum absolute atomic E-state index is 12.9. The molecule has 1 aromatic carbocycles. The maximum atomic E-state index is 12.9. The Morgan fingerprint density at radius 3 is 2.67 bits per heavy atom. The summed E-state index contributed by atoms with van der Waals surface area (Å²) in [6, 6.07) is 8.30. The zero-order valence-corrected chi connectivity index (χ0v) is 17.5. The summed E-state index contributed by atoms with van der Waals surface area (Å²) in [6.07, 6.45) is 9.67. The number of piperidine rings is 1.